The minimum absolute atomic E-state index is 0.192. The van der Waals surface area contributed by atoms with Crippen LogP contribution in [0.2, 0.25) is 0 Å². The predicted octanol–water partition coefficient (Wildman–Crippen LogP) is 3.91. The molecule has 0 unspecified atom stereocenters. The van der Waals surface area contributed by atoms with Gasteiger partial charge in [-0.2, -0.15) is 5.10 Å². The third-order valence-corrected chi connectivity index (χ3v) is 6.04. The third-order valence-electron chi connectivity index (χ3n) is 6.04. The molecule has 5 heteroatoms. The largest absolute Gasteiger partial charge is 0.352 e. The molecule has 1 aliphatic carbocycles. The van der Waals surface area contributed by atoms with Gasteiger partial charge in [-0.1, -0.05) is 54.6 Å². The Balaban J connectivity index is 1.15. The molecule has 1 aliphatic heterocycles. The molecule has 0 atom stereocenters. The summed E-state index contributed by atoms with van der Waals surface area (Å²) < 4.78 is 0. The highest BCUT2D eigenvalue weighted by Crippen LogP contribution is 2.38. The standard InChI is InChI=1S/C25H26N4O/c30-25(18-19-6-8-21(9-7-19)20-4-2-1-3-5-20)29-16-14-28(15-17-29)24-13-12-23(26-27-24)22-10-11-22/h1-9,12-13,22H,10-11,14-18H2. The number of amides is 1. The van der Waals surface area contributed by atoms with Crippen molar-refractivity contribution in [3.05, 3.63) is 78.0 Å². The summed E-state index contributed by atoms with van der Waals surface area (Å²) in [6, 6.07) is 22.8. The van der Waals surface area contributed by atoms with Crippen molar-refractivity contribution in [2.45, 2.75) is 25.2 Å². The molecule has 0 radical (unpaired) electrons. The quantitative estimate of drug-likeness (QED) is 0.654. The first kappa shape index (κ1) is 18.8. The molecule has 1 saturated carbocycles. The van der Waals surface area contributed by atoms with Crippen LogP contribution in [0.5, 0.6) is 0 Å². The second-order valence-corrected chi connectivity index (χ2v) is 8.20. The van der Waals surface area contributed by atoms with Crippen LogP contribution in [0.15, 0.2) is 66.7 Å². The highest BCUT2D eigenvalue weighted by Gasteiger charge is 2.26. The van der Waals surface area contributed by atoms with E-state index in [2.05, 4.69) is 63.6 Å². The van der Waals surface area contributed by atoms with Crippen LogP contribution in [-0.4, -0.2) is 47.2 Å². The fourth-order valence-corrected chi connectivity index (χ4v) is 4.02. The zero-order chi connectivity index (χ0) is 20.3. The maximum atomic E-state index is 12.8. The van der Waals surface area contributed by atoms with E-state index in [9.17, 15) is 4.79 Å². The monoisotopic (exact) mass is 398 g/mol. The average molecular weight is 399 g/mol. The number of carbonyl (C=O) groups excluding carboxylic acids is 1. The van der Waals surface area contributed by atoms with E-state index in [0.717, 1.165) is 43.3 Å². The van der Waals surface area contributed by atoms with E-state index in [1.165, 1.54) is 24.0 Å². The average Bonchev–Trinajstić information content (AvgIpc) is 3.66. The molecular formula is C25H26N4O. The molecule has 152 valence electrons. The SMILES string of the molecule is O=C(Cc1ccc(-c2ccccc2)cc1)N1CCN(c2ccc(C3CC3)nn2)CC1. The lowest BCUT2D eigenvalue weighted by Gasteiger charge is -2.35. The summed E-state index contributed by atoms with van der Waals surface area (Å²) in [5.41, 5.74) is 4.54. The number of hydrogen-bond acceptors (Lipinski definition) is 4. The number of hydrogen-bond donors (Lipinski definition) is 0. The number of anilines is 1. The molecule has 5 nitrogen and oxygen atoms in total. The normalized spacial score (nSPS) is 16.5. The van der Waals surface area contributed by atoms with Gasteiger partial charge in [0, 0.05) is 32.1 Å². The van der Waals surface area contributed by atoms with Crippen molar-refractivity contribution >= 4 is 11.7 Å². The zero-order valence-electron chi connectivity index (χ0n) is 17.1. The summed E-state index contributed by atoms with van der Waals surface area (Å²) in [7, 11) is 0. The van der Waals surface area contributed by atoms with Crippen molar-refractivity contribution in [1.29, 1.82) is 0 Å². The molecule has 0 bridgehead atoms. The van der Waals surface area contributed by atoms with Gasteiger partial charge in [0.15, 0.2) is 5.82 Å². The summed E-state index contributed by atoms with van der Waals surface area (Å²) in [6.07, 6.45) is 2.93. The van der Waals surface area contributed by atoms with Crippen molar-refractivity contribution in [1.82, 2.24) is 15.1 Å². The fraction of sp³-hybridized carbons (Fsp3) is 0.320. The van der Waals surface area contributed by atoms with Crippen LogP contribution in [0.3, 0.4) is 0 Å². The Labute approximate surface area is 177 Å². The zero-order valence-corrected chi connectivity index (χ0v) is 17.1. The minimum Gasteiger partial charge on any atom is -0.352 e. The number of nitrogens with zero attached hydrogens (tertiary/aromatic N) is 4. The van der Waals surface area contributed by atoms with Crippen LogP contribution in [0, 0.1) is 0 Å². The lowest BCUT2D eigenvalue weighted by molar-refractivity contribution is -0.130. The van der Waals surface area contributed by atoms with E-state index in [-0.39, 0.29) is 5.91 Å². The van der Waals surface area contributed by atoms with Gasteiger partial charge in [0.05, 0.1) is 12.1 Å². The van der Waals surface area contributed by atoms with E-state index in [1.807, 2.05) is 23.1 Å². The lowest BCUT2D eigenvalue weighted by atomic mass is 10.0. The van der Waals surface area contributed by atoms with E-state index in [1.54, 1.807) is 0 Å². The van der Waals surface area contributed by atoms with Gasteiger partial charge in [0.1, 0.15) is 0 Å². The smallest absolute Gasteiger partial charge is 0.227 e. The number of piperazine rings is 1. The fourth-order valence-electron chi connectivity index (χ4n) is 4.02. The van der Waals surface area contributed by atoms with Gasteiger partial charge in [-0.25, -0.2) is 0 Å². The Kier molecular flexibility index (Phi) is 5.18. The summed E-state index contributed by atoms with van der Waals surface area (Å²) in [4.78, 5) is 17.0. The second kappa shape index (κ2) is 8.27. The molecule has 2 aliphatic rings. The second-order valence-electron chi connectivity index (χ2n) is 8.20. The van der Waals surface area contributed by atoms with Gasteiger partial charge >= 0.3 is 0 Å². The molecule has 0 N–H and O–H groups in total. The van der Waals surface area contributed by atoms with Gasteiger partial charge in [0.25, 0.3) is 0 Å². The summed E-state index contributed by atoms with van der Waals surface area (Å²) in [5.74, 6) is 1.74. The van der Waals surface area contributed by atoms with Crippen molar-refractivity contribution in [3.8, 4) is 11.1 Å². The molecule has 5 rings (SSSR count). The van der Waals surface area contributed by atoms with E-state index in [4.69, 9.17) is 0 Å². The third kappa shape index (κ3) is 4.20. The number of aromatic nitrogens is 2. The summed E-state index contributed by atoms with van der Waals surface area (Å²) >= 11 is 0. The Morgan fingerprint density at radius 2 is 1.50 bits per heavy atom. The molecule has 0 spiro atoms. The Morgan fingerprint density at radius 1 is 0.800 bits per heavy atom. The van der Waals surface area contributed by atoms with Crippen LogP contribution in [0.25, 0.3) is 11.1 Å². The first-order valence-electron chi connectivity index (χ1n) is 10.8. The molecule has 1 saturated heterocycles. The van der Waals surface area contributed by atoms with Crippen molar-refractivity contribution < 1.29 is 4.79 Å². The molecule has 3 aromatic rings. The Hall–Kier alpha value is -3.21. The maximum Gasteiger partial charge on any atom is 0.227 e. The van der Waals surface area contributed by atoms with Crippen LogP contribution >= 0.6 is 0 Å². The van der Waals surface area contributed by atoms with Gasteiger partial charge in [-0.15, -0.1) is 5.10 Å². The van der Waals surface area contributed by atoms with Crippen molar-refractivity contribution in [3.63, 3.8) is 0 Å². The molecule has 1 amide bonds. The molecule has 1 aromatic heterocycles. The predicted molar refractivity (Wildman–Crippen MR) is 118 cm³/mol. The highest BCUT2D eigenvalue weighted by molar-refractivity contribution is 5.79. The molecule has 30 heavy (non-hydrogen) atoms. The first-order valence-corrected chi connectivity index (χ1v) is 10.8. The Bertz CT molecular complexity index is 990. The van der Waals surface area contributed by atoms with Crippen molar-refractivity contribution in [2.24, 2.45) is 0 Å². The van der Waals surface area contributed by atoms with Crippen molar-refractivity contribution in [2.75, 3.05) is 31.1 Å². The van der Waals surface area contributed by atoms with Gasteiger partial charge < -0.3 is 9.80 Å². The number of benzene rings is 2. The summed E-state index contributed by atoms with van der Waals surface area (Å²) in [5, 5.41) is 8.79. The first-order chi connectivity index (χ1) is 14.8. The van der Waals surface area contributed by atoms with E-state index in [0.29, 0.717) is 12.3 Å². The topological polar surface area (TPSA) is 49.3 Å². The molecule has 2 aromatic carbocycles. The maximum absolute atomic E-state index is 12.8. The van der Waals surface area contributed by atoms with E-state index < -0.39 is 0 Å². The van der Waals surface area contributed by atoms with Crippen LogP contribution < -0.4 is 4.90 Å². The highest BCUT2D eigenvalue weighted by atomic mass is 16.2. The van der Waals surface area contributed by atoms with Gasteiger partial charge in [0.2, 0.25) is 5.91 Å². The van der Waals surface area contributed by atoms with Gasteiger partial charge in [-0.05, 0) is 41.7 Å². The van der Waals surface area contributed by atoms with Crippen LogP contribution in [-0.2, 0) is 11.2 Å². The van der Waals surface area contributed by atoms with E-state index >= 15 is 0 Å². The van der Waals surface area contributed by atoms with Crippen LogP contribution in [0.1, 0.15) is 30.0 Å². The van der Waals surface area contributed by atoms with Crippen LogP contribution in [0.4, 0.5) is 5.82 Å². The Morgan fingerprint density at radius 3 is 2.13 bits per heavy atom. The molecule has 2 fully saturated rings. The molecule has 2 heterocycles. The summed E-state index contributed by atoms with van der Waals surface area (Å²) in [6.45, 7) is 3.06. The minimum atomic E-state index is 0.192. The number of carbonyl (C=O) groups is 1. The lowest BCUT2D eigenvalue weighted by Crippen LogP contribution is -2.49. The van der Waals surface area contributed by atoms with Gasteiger partial charge in [-0.3, -0.25) is 4.79 Å². The number of rotatable bonds is 5. The molecular weight excluding hydrogens is 372 g/mol.